The van der Waals surface area contributed by atoms with Crippen LogP contribution in [-0.4, -0.2) is 90.8 Å². The van der Waals surface area contributed by atoms with E-state index in [1.807, 2.05) is 35.4 Å². The number of para-hydroxylation sites is 1. The molecule has 4 aliphatic rings. The molecule has 0 unspecified atom stereocenters. The summed E-state index contributed by atoms with van der Waals surface area (Å²) in [6.45, 7) is 6.16. The summed E-state index contributed by atoms with van der Waals surface area (Å²) in [5, 5.41) is 4.28. The van der Waals surface area contributed by atoms with E-state index in [4.69, 9.17) is 9.47 Å². The van der Waals surface area contributed by atoms with Crippen LogP contribution >= 0.6 is 0 Å². The van der Waals surface area contributed by atoms with Gasteiger partial charge >= 0.3 is 0 Å². The Hall–Kier alpha value is -2.68. The van der Waals surface area contributed by atoms with Crippen molar-refractivity contribution in [1.82, 2.24) is 20.1 Å². The summed E-state index contributed by atoms with van der Waals surface area (Å²) in [5.41, 5.74) is 1.65. The average Bonchev–Trinajstić information content (AvgIpc) is 3.61. The van der Waals surface area contributed by atoms with E-state index in [9.17, 15) is 9.59 Å². The second-order valence-corrected chi connectivity index (χ2v) is 9.87. The number of morpholine rings is 1. The third kappa shape index (κ3) is 3.74. The van der Waals surface area contributed by atoms with Crippen molar-refractivity contribution in [1.29, 1.82) is 0 Å². The highest BCUT2D eigenvalue weighted by atomic mass is 16.5. The number of ether oxygens (including phenoxy) is 2. The summed E-state index contributed by atoms with van der Waals surface area (Å²) in [6, 6.07) is 8.21. The lowest BCUT2D eigenvalue weighted by molar-refractivity contribution is -0.137. The number of H-pyrrole nitrogens is 1. The Labute approximate surface area is 199 Å². The second-order valence-electron chi connectivity index (χ2n) is 9.87. The summed E-state index contributed by atoms with van der Waals surface area (Å²) in [5.74, 6) is -0.890. The number of fused-ring (bicyclic) bond motifs is 2. The SMILES string of the molecule is O=C(NCCCN1CCOCC1)[C@H]1[C@H]2C(=O)N(CCc3c[nH]c4ccccc34)C[C@@]23C=C[C@H]1O3. The van der Waals surface area contributed by atoms with Crippen molar-refractivity contribution in [3.8, 4) is 0 Å². The fourth-order valence-electron chi connectivity index (χ4n) is 6.12. The minimum absolute atomic E-state index is 0.0418. The normalized spacial score (nSPS) is 30.4. The Balaban J connectivity index is 1.07. The first-order valence-electron chi connectivity index (χ1n) is 12.4. The smallest absolute Gasteiger partial charge is 0.230 e. The quantitative estimate of drug-likeness (QED) is 0.455. The van der Waals surface area contributed by atoms with Crippen LogP contribution < -0.4 is 5.32 Å². The highest BCUT2D eigenvalue weighted by Crippen LogP contribution is 2.51. The number of aromatic amines is 1. The average molecular weight is 465 g/mol. The zero-order chi connectivity index (χ0) is 23.1. The van der Waals surface area contributed by atoms with Crippen molar-refractivity contribution < 1.29 is 19.1 Å². The van der Waals surface area contributed by atoms with Crippen molar-refractivity contribution in [3.05, 3.63) is 48.2 Å². The maximum atomic E-state index is 13.5. The molecule has 2 N–H and O–H groups in total. The molecular weight excluding hydrogens is 432 g/mol. The summed E-state index contributed by atoms with van der Waals surface area (Å²) < 4.78 is 11.7. The molecule has 2 bridgehead atoms. The molecule has 3 fully saturated rings. The van der Waals surface area contributed by atoms with E-state index in [0.717, 1.165) is 51.2 Å². The molecule has 0 saturated carbocycles. The number of hydrogen-bond acceptors (Lipinski definition) is 5. The van der Waals surface area contributed by atoms with Gasteiger partial charge in [0.05, 0.1) is 37.7 Å². The van der Waals surface area contributed by atoms with E-state index in [2.05, 4.69) is 27.3 Å². The number of amides is 2. The van der Waals surface area contributed by atoms with Gasteiger partial charge in [0.25, 0.3) is 0 Å². The van der Waals surface area contributed by atoms with E-state index in [-0.39, 0.29) is 17.9 Å². The van der Waals surface area contributed by atoms with Gasteiger partial charge in [-0.15, -0.1) is 0 Å². The predicted octanol–water partition coefficient (Wildman–Crippen LogP) is 1.33. The fourth-order valence-corrected chi connectivity index (χ4v) is 6.12. The van der Waals surface area contributed by atoms with Crippen LogP contribution in [-0.2, 0) is 25.5 Å². The van der Waals surface area contributed by atoms with Crippen molar-refractivity contribution >= 4 is 22.7 Å². The minimum atomic E-state index is -0.655. The molecule has 3 saturated heterocycles. The Morgan fingerprint density at radius 3 is 2.94 bits per heavy atom. The Kier molecular flexibility index (Phi) is 5.67. The summed E-state index contributed by atoms with van der Waals surface area (Å²) in [4.78, 5) is 34.1. The van der Waals surface area contributed by atoms with Gasteiger partial charge in [-0.2, -0.15) is 0 Å². The van der Waals surface area contributed by atoms with Crippen LogP contribution in [0.2, 0.25) is 0 Å². The van der Waals surface area contributed by atoms with Gasteiger partial charge in [-0.3, -0.25) is 14.5 Å². The predicted molar refractivity (Wildman–Crippen MR) is 127 cm³/mol. The van der Waals surface area contributed by atoms with Crippen molar-refractivity contribution in [2.24, 2.45) is 11.8 Å². The molecule has 8 heteroatoms. The van der Waals surface area contributed by atoms with Crippen LogP contribution in [0.1, 0.15) is 12.0 Å². The van der Waals surface area contributed by atoms with Gasteiger partial charge in [-0.05, 0) is 31.0 Å². The van der Waals surface area contributed by atoms with E-state index in [1.54, 1.807) is 0 Å². The molecule has 8 nitrogen and oxygen atoms in total. The lowest BCUT2D eigenvalue weighted by Crippen LogP contribution is -2.45. The zero-order valence-corrected chi connectivity index (χ0v) is 19.4. The molecule has 4 aliphatic heterocycles. The van der Waals surface area contributed by atoms with Crippen LogP contribution in [0.15, 0.2) is 42.6 Å². The first kappa shape index (κ1) is 21.8. The Morgan fingerprint density at radius 2 is 2.06 bits per heavy atom. The summed E-state index contributed by atoms with van der Waals surface area (Å²) in [6.07, 6.45) is 7.38. The van der Waals surface area contributed by atoms with Crippen LogP contribution in [0.4, 0.5) is 0 Å². The van der Waals surface area contributed by atoms with Gasteiger partial charge in [-0.25, -0.2) is 0 Å². The van der Waals surface area contributed by atoms with E-state index in [1.165, 1.54) is 10.9 Å². The molecule has 4 atom stereocenters. The first-order chi connectivity index (χ1) is 16.6. The number of hydrogen-bond donors (Lipinski definition) is 2. The maximum absolute atomic E-state index is 13.5. The van der Waals surface area contributed by atoms with E-state index < -0.39 is 17.4 Å². The van der Waals surface area contributed by atoms with E-state index >= 15 is 0 Å². The molecule has 5 heterocycles. The highest BCUT2D eigenvalue weighted by molar-refractivity contribution is 5.93. The zero-order valence-electron chi connectivity index (χ0n) is 19.4. The Morgan fingerprint density at radius 1 is 1.21 bits per heavy atom. The van der Waals surface area contributed by atoms with Gasteiger partial charge in [0.1, 0.15) is 5.60 Å². The number of benzene rings is 1. The van der Waals surface area contributed by atoms with Gasteiger partial charge in [0.15, 0.2) is 0 Å². The molecule has 34 heavy (non-hydrogen) atoms. The second kappa shape index (κ2) is 8.83. The number of nitrogens with one attached hydrogen (secondary N) is 2. The molecule has 0 aliphatic carbocycles. The van der Waals surface area contributed by atoms with Crippen molar-refractivity contribution in [3.63, 3.8) is 0 Å². The maximum Gasteiger partial charge on any atom is 0.230 e. The van der Waals surface area contributed by atoms with Crippen LogP contribution in [0.25, 0.3) is 10.9 Å². The standard InChI is InChI=1S/C26H32N4O4/c31-24(27-9-3-10-29-12-14-33-15-13-29)22-21-6-8-26(34-21)17-30(25(32)23(22)26)11-7-18-16-28-20-5-2-1-4-19(18)20/h1-2,4-6,8,16,21-23,28H,3,7,9-15,17H2,(H,27,31)/t21-,22-,23+,26+/m1/s1. The fraction of sp³-hybridized carbons (Fsp3) is 0.538. The molecule has 1 spiro atoms. The molecule has 2 aromatic rings. The van der Waals surface area contributed by atoms with E-state index in [0.29, 0.717) is 19.6 Å². The summed E-state index contributed by atoms with van der Waals surface area (Å²) >= 11 is 0. The molecule has 1 aromatic carbocycles. The largest absolute Gasteiger partial charge is 0.379 e. The number of carbonyl (C=O) groups excluding carboxylic acids is 2. The molecule has 6 rings (SSSR count). The lowest BCUT2D eigenvalue weighted by atomic mass is 9.77. The minimum Gasteiger partial charge on any atom is -0.379 e. The van der Waals surface area contributed by atoms with Crippen LogP contribution in [0.3, 0.4) is 0 Å². The molecule has 180 valence electrons. The monoisotopic (exact) mass is 464 g/mol. The lowest BCUT2D eigenvalue weighted by Gasteiger charge is -2.27. The van der Waals surface area contributed by atoms with Crippen LogP contribution in [0, 0.1) is 11.8 Å². The number of aromatic nitrogens is 1. The Bertz CT molecular complexity index is 1110. The van der Waals surface area contributed by atoms with Crippen molar-refractivity contribution in [2.75, 3.05) is 52.5 Å². The number of likely N-dealkylation sites (tertiary alicyclic amines) is 1. The van der Waals surface area contributed by atoms with Gasteiger partial charge in [-0.1, -0.05) is 30.4 Å². The van der Waals surface area contributed by atoms with Gasteiger partial charge in [0.2, 0.25) is 11.8 Å². The van der Waals surface area contributed by atoms with Gasteiger partial charge < -0.3 is 24.7 Å². The van der Waals surface area contributed by atoms with Crippen LogP contribution in [0.5, 0.6) is 0 Å². The third-order valence-corrected chi connectivity index (χ3v) is 7.86. The molecule has 1 aromatic heterocycles. The van der Waals surface area contributed by atoms with Crippen molar-refractivity contribution in [2.45, 2.75) is 24.5 Å². The molecular formula is C26H32N4O4. The third-order valence-electron chi connectivity index (χ3n) is 7.86. The summed E-state index contributed by atoms with van der Waals surface area (Å²) in [7, 11) is 0. The number of rotatable bonds is 8. The topological polar surface area (TPSA) is 86.9 Å². The molecule has 0 radical (unpaired) electrons. The van der Waals surface area contributed by atoms with Gasteiger partial charge in [0, 0.05) is 43.3 Å². The highest BCUT2D eigenvalue weighted by Gasteiger charge is 2.66. The number of nitrogens with zero attached hydrogens (tertiary/aromatic N) is 2. The first-order valence-corrected chi connectivity index (χ1v) is 12.4. The molecule has 2 amide bonds. The number of carbonyl (C=O) groups is 2.